The summed E-state index contributed by atoms with van der Waals surface area (Å²) in [7, 11) is 0. The predicted molar refractivity (Wildman–Crippen MR) is 106 cm³/mol. The Hall–Kier alpha value is -1.22. The van der Waals surface area contributed by atoms with Crippen molar-refractivity contribution in [3.63, 3.8) is 0 Å². The molecule has 1 saturated heterocycles. The predicted octanol–water partition coefficient (Wildman–Crippen LogP) is 5.26. The van der Waals surface area contributed by atoms with Gasteiger partial charge in [0, 0.05) is 40.8 Å². The molecule has 1 fully saturated rings. The van der Waals surface area contributed by atoms with Crippen LogP contribution in [0.3, 0.4) is 0 Å². The van der Waals surface area contributed by atoms with Crippen molar-refractivity contribution >= 4 is 28.9 Å². The first-order chi connectivity index (χ1) is 12.2. The van der Waals surface area contributed by atoms with E-state index in [4.69, 9.17) is 23.2 Å². The van der Waals surface area contributed by atoms with E-state index in [1.54, 1.807) is 6.07 Å². The normalized spacial score (nSPS) is 24.6. The summed E-state index contributed by atoms with van der Waals surface area (Å²) in [6, 6.07) is 11.3. The molecule has 3 heterocycles. The summed E-state index contributed by atoms with van der Waals surface area (Å²) in [5.41, 5.74) is 6.96. The van der Waals surface area contributed by atoms with Crippen molar-refractivity contribution in [2.75, 3.05) is 24.5 Å². The second-order valence-electron chi connectivity index (χ2n) is 7.55. The Balaban J connectivity index is 1.69. The molecule has 5 rings (SSSR count). The minimum Gasteiger partial charge on any atom is -0.367 e. The average molecular weight is 373 g/mol. The SMILES string of the molecule is Clc1cc(Cl)cc(-c2cc3c4c(c2)[C@@H]2CNCC[C@@H]2N4CCCC3)c1. The van der Waals surface area contributed by atoms with Crippen molar-refractivity contribution in [2.24, 2.45) is 0 Å². The highest BCUT2D eigenvalue weighted by atomic mass is 35.5. The summed E-state index contributed by atoms with van der Waals surface area (Å²) in [5, 5.41) is 5.01. The number of hydrogen-bond donors (Lipinski definition) is 1. The van der Waals surface area contributed by atoms with Gasteiger partial charge in [0.2, 0.25) is 0 Å². The largest absolute Gasteiger partial charge is 0.367 e. The lowest BCUT2D eigenvalue weighted by Gasteiger charge is -2.33. The molecule has 2 atom stereocenters. The number of piperidine rings is 1. The van der Waals surface area contributed by atoms with E-state index in [0.717, 1.165) is 18.7 Å². The van der Waals surface area contributed by atoms with Gasteiger partial charge in [-0.3, -0.25) is 0 Å². The highest BCUT2D eigenvalue weighted by molar-refractivity contribution is 6.35. The van der Waals surface area contributed by atoms with Crippen LogP contribution in [0.1, 0.15) is 36.3 Å². The van der Waals surface area contributed by atoms with Gasteiger partial charge in [0.05, 0.1) is 0 Å². The summed E-state index contributed by atoms with van der Waals surface area (Å²) in [5.74, 6) is 0.607. The third-order valence-electron chi connectivity index (χ3n) is 6.04. The third-order valence-corrected chi connectivity index (χ3v) is 6.48. The fourth-order valence-electron chi connectivity index (χ4n) is 5.01. The first-order valence-corrected chi connectivity index (χ1v) is 10.1. The molecular formula is C21H22Cl2N2. The van der Waals surface area contributed by atoms with Crippen LogP contribution in [0.4, 0.5) is 5.69 Å². The molecule has 1 N–H and O–H groups in total. The number of benzene rings is 2. The van der Waals surface area contributed by atoms with E-state index in [9.17, 15) is 0 Å². The van der Waals surface area contributed by atoms with Crippen molar-refractivity contribution in [3.8, 4) is 11.1 Å². The third kappa shape index (κ3) is 2.66. The second-order valence-corrected chi connectivity index (χ2v) is 8.42. The Morgan fingerprint density at radius 2 is 1.76 bits per heavy atom. The molecule has 4 heteroatoms. The standard InChI is InChI=1S/C21H22Cl2N2/c22-16-8-15(9-17(23)11-16)14-7-13-3-1-2-6-25-20-4-5-24-12-19(20)18(10-14)21(13)25/h7-11,19-20,24H,1-6,12H2/t19-,20-/m0/s1. The second kappa shape index (κ2) is 6.19. The lowest BCUT2D eigenvalue weighted by atomic mass is 9.87. The number of hydrogen-bond acceptors (Lipinski definition) is 2. The van der Waals surface area contributed by atoms with E-state index in [1.807, 2.05) is 12.1 Å². The van der Waals surface area contributed by atoms with Crippen LogP contribution in [0.25, 0.3) is 11.1 Å². The minimum atomic E-state index is 0.607. The molecule has 2 aromatic rings. The van der Waals surface area contributed by atoms with Crippen LogP contribution >= 0.6 is 23.2 Å². The van der Waals surface area contributed by atoms with E-state index in [-0.39, 0.29) is 0 Å². The van der Waals surface area contributed by atoms with E-state index >= 15 is 0 Å². The molecule has 3 aliphatic heterocycles. The number of fused-ring (bicyclic) bond motifs is 3. The number of nitrogens with zero attached hydrogens (tertiary/aromatic N) is 1. The van der Waals surface area contributed by atoms with Crippen molar-refractivity contribution in [2.45, 2.75) is 37.6 Å². The first-order valence-electron chi connectivity index (χ1n) is 9.31. The van der Waals surface area contributed by atoms with Crippen LogP contribution in [-0.4, -0.2) is 25.7 Å². The van der Waals surface area contributed by atoms with Gasteiger partial charge in [-0.25, -0.2) is 0 Å². The lowest BCUT2D eigenvalue weighted by Crippen LogP contribution is -2.44. The van der Waals surface area contributed by atoms with E-state index in [0.29, 0.717) is 22.0 Å². The minimum absolute atomic E-state index is 0.607. The van der Waals surface area contributed by atoms with Gasteiger partial charge in [-0.2, -0.15) is 0 Å². The Kier molecular flexibility index (Phi) is 3.96. The molecule has 2 aromatic carbocycles. The molecule has 0 aromatic heterocycles. The fourth-order valence-corrected chi connectivity index (χ4v) is 5.53. The Morgan fingerprint density at radius 1 is 0.960 bits per heavy atom. The van der Waals surface area contributed by atoms with E-state index in [1.165, 1.54) is 54.6 Å². The van der Waals surface area contributed by atoms with Crippen LogP contribution in [0, 0.1) is 0 Å². The van der Waals surface area contributed by atoms with Crippen molar-refractivity contribution < 1.29 is 0 Å². The molecule has 130 valence electrons. The Bertz CT molecular complexity index is 813. The van der Waals surface area contributed by atoms with Crippen molar-refractivity contribution in [1.29, 1.82) is 0 Å². The average Bonchev–Trinajstić information content (AvgIpc) is 2.76. The monoisotopic (exact) mass is 372 g/mol. The number of anilines is 1. The molecule has 0 bridgehead atoms. The van der Waals surface area contributed by atoms with Gasteiger partial charge >= 0.3 is 0 Å². The van der Waals surface area contributed by atoms with Crippen LogP contribution in [0.5, 0.6) is 0 Å². The van der Waals surface area contributed by atoms with E-state index < -0.39 is 0 Å². The highest BCUT2D eigenvalue weighted by Gasteiger charge is 2.41. The molecule has 0 unspecified atom stereocenters. The first kappa shape index (κ1) is 16.0. The van der Waals surface area contributed by atoms with Crippen LogP contribution in [0.15, 0.2) is 30.3 Å². The van der Waals surface area contributed by atoms with Gasteiger partial charge in [-0.05, 0) is 84.8 Å². The zero-order chi connectivity index (χ0) is 17.0. The highest BCUT2D eigenvalue weighted by Crippen LogP contribution is 2.48. The quantitative estimate of drug-likeness (QED) is 0.733. The van der Waals surface area contributed by atoms with Gasteiger partial charge in [0.15, 0.2) is 0 Å². The maximum atomic E-state index is 6.26. The molecule has 0 saturated carbocycles. The van der Waals surface area contributed by atoms with Crippen molar-refractivity contribution in [1.82, 2.24) is 5.32 Å². The summed E-state index contributed by atoms with van der Waals surface area (Å²) in [4.78, 5) is 2.72. The Labute approximate surface area is 159 Å². The zero-order valence-corrected chi connectivity index (χ0v) is 15.7. The summed E-state index contributed by atoms with van der Waals surface area (Å²) in [6.45, 7) is 3.44. The maximum absolute atomic E-state index is 6.26. The smallest absolute Gasteiger partial charge is 0.0438 e. The zero-order valence-electron chi connectivity index (χ0n) is 14.2. The molecule has 25 heavy (non-hydrogen) atoms. The van der Waals surface area contributed by atoms with Gasteiger partial charge in [0.1, 0.15) is 0 Å². The fraction of sp³-hybridized carbons (Fsp3) is 0.429. The Morgan fingerprint density at radius 3 is 2.60 bits per heavy atom. The number of nitrogens with one attached hydrogen (secondary N) is 1. The summed E-state index contributed by atoms with van der Waals surface area (Å²) in [6.07, 6.45) is 4.99. The molecular weight excluding hydrogens is 351 g/mol. The van der Waals surface area contributed by atoms with E-state index in [2.05, 4.69) is 22.3 Å². The number of rotatable bonds is 1. The molecule has 0 amide bonds. The van der Waals surface area contributed by atoms with Gasteiger partial charge < -0.3 is 10.2 Å². The van der Waals surface area contributed by atoms with Crippen molar-refractivity contribution in [3.05, 3.63) is 51.5 Å². The molecule has 2 nitrogen and oxygen atoms in total. The van der Waals surface area contributed by atoms with Gasteiger partial charge in [0.25, 0.3) is 0 Å². The molecule has 3 aliphatic rings. The lowest BCUT2D eigenvalue weighted by molar-refractivity contribution is 0.401. The van der Waals surface area contributed by atoms with Crippen LogP contribution in [-0.2, 0) is 6.42 Å². The maximum Gasteiger partial charge on any atom is 0.0438 e. The van der Waals surface area contributed by atoms with Gasteiger partial charge in [-0.1, -0.05) is 23.2 Å². The number of halogens is 2. The molecule has 0 aliphatic carbocycles. The molecule has 0 spiro atoms. The number of aryl methyl sites for hydroxylation is 1. The van der Waals surface area contributed by atoms with Crippen LogP contribution in [0.2, 0.25) is 10.0 Å². The topological polar surface area (TPSA) is 15.3 Å². The summed E-state index contributed by atoms with van der Waals surface area (Å²) < 4.78 is 0. The molecule has 0 radical (unpaired) electrons. The van der Waals surface area contributed by atoms with Crippen LogP contribution < -0.4 is 10.2 Å². The van der Waals surface area contributed by atoms with Gasteiger partial charge in [-0.15, -0.1) is 0 Å². The summed E-state index contributed by atoms with van der Waals surface area (Å²) >= 11 is 12.5.